The molecule has 7 heteroatoms. The molecule has 1 rings (SSSR count). The van der Waals surface area contributed by atoms with Crippen molar-refractivity contribution in [1.29, 1.82) is 0 Å². The van der Waals surface area contributed by atoms with Gasteiger partial charge in [0.2, 0.25) is 0 Å². The summed E-state index contributed by atoms with van der Waals surface area (Å²) in [4.78, 5) is 29.7. The van der Waals surface area contributed by atoms with Gasteiger partial charge >= 0.3 is 5.97 Å². The molecular weight excluding hydrogens is 266 g/mol. The number of Topliss-reactive ketones (excluding diaryl/α,β-unsaturated/α-hetero) is 1. The van der Waals surface area contributed by atoms with Crippen molar-refractivity contribution < 1.29 is 14.3 Å². The molecule has 0 saturated carbocycles. The number of hydrogen-bond acceptors (Lipinski definition) is 7. The third-order valence-corrected chi connectivity index (χ3v) is 3.36. The predicted molar refractivity (Wildman–Crippen MR) is 75.1 cm³/mol. The first-order valence-electron chi connectivity index (χ1n) is 6.03. The molecule has 6 nitrogen and oxygen atoms in total. The van der Waals surface area contributed by atoms with E-state index in [0.717, 1.165) is 6.54 Å². The Bertz CT molecular complexity index is 457. The van der Waals surface area contributed by atoms with Crippen LogP contribution in [0.15, 0.2) is 0 Å². The zero-order valence-electron chi connectivity index (χ0n) is 11.6. The summed E-state index contributed by atoms with van der Waals surface area (Å²) in [7, 11) is 3.93. The average Bonchev–Trinajstić information content (AvgIpc) is 2.73. The number of hydrogen-bond donors (Lipinski definition) is 1. The maximum atomic E-state index is 11.7. The van der Waals surface area contributed by atoms with Gasteiger partial charge in [-0.2, -0.15) is 0 Å². The minimum atomic E-state index is -0.551. The molecule has 0 spiro atoms. The van der Waals surface area contributed by atoms with Crippen molar-refractivity contribution in [2.45, 2.75) is 13.8 Å². The number of carbonyl (C=O) groups is 2. The summed E-state index contributed by atoms with van der Waals surface area (Å²) in [5.74, 6) is -0.731. The van der Waals surface area contributed by atoms with Crippen molar-refractivity contribution in [2.75, 3.05) is 39.1 Å². The number of ether oxygens (including phenoxy) is 1. The van der Waals surface area contributed by atoms with Crippen LogP contribution < -0.4 is 5.32 Å². The van der Waals surface area contributed by atoms with Crippen LogP contribution in [-0.2, 0) is 4.74 Å². The molecule has 0 atom stereocenters. The molecule has 19 heavy (non-hydrogen) atoms. The second-order valence-corrected chi connectivity index (χ2v) is 5.20. The van der Waals surface area contributed by atoms with Gasteiger partial charge in [-0.3, -0.25) is 4.79 Å². The third kappa shape index (κ3) is 4.60. The molecule has 0 unspecified atom stereocenters. The fourth-order valence-corrected chi connectivity index (χ4v) is 2.23. The molecule has 0 saturated heterocycles. The van der Waals surface area contributed by atoms with Crippen LogP contribution in [0.25, 0.3) is 0 Å². The van der Waals surface area contributed by atoms with Crippen molar-refractivity contribution in [3.8, 4) is 0 Å². The lowest BCUT2D eigenvalue weighted by Crippen LogP contribution is -2.20. The summed E-state index contributed by atoms with van der Waals surface area (Å²) in [5, 5.41) is 3.66. The van der Waals surface area contributed by atoms with Gasteiger partial charge in [0, 0.05) is 20.0 Å². The van der Waals surface area contributed by atoms with Gasteiger partial charge < -0.3 is 15.0 Å². The monoisotopic (exact) mass is 285 g/mol. The highest BCUT2D eigenvalue weighted by atomic mass is 32.1. The summed E-state index contributed by atoms with van der Waals surface area (Å²) in [6, 6.07) is 0. The number of esters is 1. The van der Waals surface area contributed by atoms with E-state index < -0.39 is 5.97 Å². The highest BCUT2D eigenvalue weighted by Crippen LogP contribution is 2.24. The van der Waals surface area contributed by atoms with Gasteiger partial charge in [0.1, 0.15) is 4.88 Å². The fourth-order valence-electron chi connectivity index (χ4n) is 1.36. The highest BCUT2D eigenvalue weighted by Gasteiger charge is 2.22. The number of anilines is 1. The average molecular weight is 285 g/mol. The van der Waals surface area contributed by atoms with Crippen LogP contribution in [0, 0.1) is 0 Å². The quantitative estimate of drug-likeness (QED) is 0.604. The summed E-state index contributed by atoms with van der Waals surface area (Å²) in [6.07, 6.45) is 0. The van der Waals surface area contributed by atoms with Crippen LogP contribution in [0.4, 0.5) is 5.13 Å². The lowest BCUT2D eigenvalue weighted by Gasteiger charge is -2.08. The molecule has 106 valence electrons. The van der Waals surface area contributed by atoms with E-state index in [-0.39, 0.29) is 18.1 Å². The number of nitrogens with zero attached hydrogens (tertiary/aromatic N) is 2. The molecule has 0 aliphatic carbocycles. The molecule has 0 aliphatic heterocycles. The number of rotatable bonds is 7. The Morgan fingerprint density at radius 2 is 2.11 bits per heavy atom. The van der Waals surface area contributed by atoms with Crippen molar-refractivity contribution in [1.82, 2.24) is 9.88 Å². The summed E-state index contributed by atoms with van der Waals surface area (Å²) in [5.41, 5.74) is 0.103. The Kier molecular flexibility index (Phi) is 5.91. The van der Waals surface area contributed by atoms with E-state index >= 15 is 0 Å². The SMILES string of the molecule is CCOC(=O)c1nc(NCCN(C)C)sc1C(C)=O. The summed E-state index contributed by atoms with van der Waals surface area (Å²) >= 11 is 1.18. The van der Waals surface area contributed by atoms with Crippen molar-refractivity contribution >= 4 is 28.2 Å². The van der Waals surface area contributed by atoms with E-state index in [2.05, 4.69) is 10.3 Å². The molecule has 1 aromatic rings. The largest absolute Gasteiger partial charge is 0.461 e. The van der Waals surface area contributed by atoms with Gasteiger partial charge in [-0.15, -0.1) is 0 Å². The number of carbonyl (C=O) groups excluding carboxylic acids is 2. The first-order chi connectivity index (χ1) is 8.95. The maximum absolute atomic E-state index is 11.7. The number of thiazole rings is 1. The smallest absolute Gasteiger partial charge is 0.358 e. The third-order valence-electron chi connectivity index (χ3n) is 2.25. The lowest BCUT2D eigenvalue weighted by atomic mass is 10.3. The van der Waals surface area contributed by atoms with Crippen LogP contribution in [0.1, 0.15) is 34.0 Å². The molecule has 0 amide bonds. The number of ketones is 1. The molecular formula is C12H19N3O3S. The van der Waals surface area contributed by atoms with E-state index in [1.54, 1.807) is 6.92 Å². The molecule has 0 bridgehead atoms. The maximum Gasteiger partial charge on any atom is 0.358 e. The Hall–Kier alpha value is -1.47. The van der Waals surface area contributed by atoms with E-state index in [1.807, 2.05) is 19.0 Å². The van der Waals surface area contributed by atoms with Gasteiger partial charge in [0.05, 0.1) is 6.61 Å². The normalized spacial score (nSPS) is 10.6. The zero-order chi connectivity index (χ0) is 14.4. The molecule has 0 aromatic carbocycles. The van der Waals surface area contributed by atoms with E-state index in [1.165, 1.54) is 18.3 Å². The van der Waals surface area contributed by atoms with Gasteiger partial charge in [0.25, 0.3) is 0 Å². The van der Waals surface area contributed by atoms with Crippen LogP contribution in [-0.4, -0.2) is 55.4 Å². The van der Waals surface area contributed by atoms with Crippen molar-refractivity contribution in [3.63, 3.8) is 0 Å². The molecule has 1 heterocycles. The number of likely N-dealkylation sites (N-methyl/N-ethyl adjacent to an activating group) is 1. The molecule has 0 fully saturated rings. The summed E-state index contributed by atoms with van der Waals surface area (Å²) in [6.45, 7) is 4.93. The van der Waals surface area contributed by atoms with Crippen LogP contribution in [0.2, 0.25) is 0 Å². The number of aromatic nitrogens is 1. The fraction of sp³-hybridized carbons (Fsp3) is 0.583. The second kappa shape index (κ2) is 7.20. The van der Waals surface area contributed by atoms with Gasteiger partial charge in [-0.25, -0.2) is 9.78 Å². The topological polar surface area (TPSA) is 71.5 Å². The van der Waals surface area contributed by atoms with Crippen LogP contribution in [0.5, 0.6) is 0 Å². The minimum Gasteiger partial charge on any atom is -0.461 e. The van der Waals surface area contributed by atoms with Crippen LogP contribution in [0.3, 0.4) is 0 Å². The molecule has 0 radical (unpaired) electrons. The Balaban J connectivity index is 2.82. The first-order valence-corrected chi connectivity index (χ1v) is 6.84. The second-order valence-electron chi connectivity index (χ2n) is 4.20. The van der Waals surface area contributed by atoms with Gasteiger partial charge in [-0.05, 0) is 21.0 Å². The first kappa shape index (κ1) is 15.6. The Labute approximate surface area is 116 Å². The molecule has 0 aliphatic rings. The van der Waals surface area contributed by atoms with Crippen molar-refractivity contribution in [3.05, 3.63) is 10.6 Å². The number of nitrogens with one attached hydrogen (secondary N) is 1. The molecule has 1 aromatic heterocycles. The standard InChI is InChI=1S/C12H19N3O3S/c1-5-18-11(17)9-10(8(2)16)19-12(14-9)13-6-7-15(3)4/h5-7H2,1-4H3,(H,13,14). The molecule has 1 N–H and O–H groups in total. The van der Waals surface area contributed by atoms with Gasteiger partial charge in [0.15, 0.2) is 16.6 Å². The van der Waals surface area contributed by atoms with E-state index in [0.29, 0.717) is 16.6 Å². The van der Waals surface area contributed by atoms with Gasteiger partial charge in [-0.1, -0.05) is 11.3 Å². The Morgan fingerprint density at radius 1 is 1.42 bits per heavy atom. The van der Waals surface area contributed by atoms with Crippen molar-refractivity contribution in [2.24, 2.45) is 0 Å². The lowest BCUT2D eigenvalue weighted by molar-refractivity contribution is 0.0517. The van der Waals surface area contributed by atoms with E-state index in [4.69, 9.17) is 4.74 Å². The minimum absolute atomic E-state index is 0.103. The van der Waals surface area contributed by atoms with E-state index in [9.17, 15) is 9.59 Å². The summed E-state index contributed by atoms with van der Waals surface area (Å²) < 4.78 is 4.89. The Morgan fingerprint density at radius 3 is 2.63 bits per heavy atom. The van der Waals surface area contributed by atoms with Crippen LogP contribution >= 0.6 is 11.3 Å². The highest BCUT2D eigenvalue weighted by molar-refractivity contribution is 7.17. The zero-order valence-corrected chi connectivity index (χ0v) is 12.5. The predicted octanol–water partition coefficient (Wildman–Crippen LogP) is 1.50.